The smallest absolute Gasteiger partial charge is 0.130 e. The highest BCUT2D eigenvalue weighted by atomic mass is 35.5. The first-order valence-electron chi connectivity index (χ1n) is 2.42. The standard InChI is InChI=1S/C7H4ClN/c1-2-6-4-3-5-7(8)9-6/h1,3-5H. The molecule has 0 aromatic carbocycles. The number of aromatic nitrogens is 1. The summed E-state index contributed by atoms with van der Waals surface area (Å²) in [5.74, 6) is 2.37. The fraction of sp³-hybridized carbons (Fsp3) is 0. The molecule has 0 fully saturated rings. The van der Waals surface area contributed by atoms with E-state index in [1.807, 2.05) is 0 Å². The van der Waals surface area contributed by atoms with Crippen molar-refractivity contribution in [3.8, 4) is 12.3 Å². The molecule has 0 saturated carbocycles. The fourth-order valence-electron chi connectivity index (χ4n) is 0.489. The van der Waals surface area contributed by atoms with E-state index in [0.717, 1.165) is 0 Å². The molecule has 0 radical (unpaired) electrons. The zero-order valence-corrected chi connectivity index (χ0v) is 5.39. The average Bonchev–Trinajstić information content (AvgIpc) is 1.88. The SMILES string of the molecule is C#Cc1cccc(Cl)n1. The van der Waals surface area contributed by atoms with Crippen LogP contribution in [0.5, 0.6) is 0 Å². The van der Waals surface area contributed by atoms with Crippen molar-refractivity contribution >= 4 is 11.6 Å². The molecule has 0 saturated heterocycles. The van der Waals surface area contributed by atoms with Gasteiger partial charge >= 0.3 is 0 Å². The molecule has 0 aliphatic rings. The minimum absolute atomic E-state index is 0.436. The highest BCUT2D eigenvalue weighted by molar-refractivity contribution is 6.29. The van der Waals surface area contributed by atoms with Gasteiger partial charge in [0.2, 0.25) is 0 Å². The van der Waals surface area contributed by atoms with Gasteiger partial charge in [-0.25, -0.2) is 4.98 Å². The first kappa shape index (κ1) is 6.12. The molecule has 1 nitrogen and oxygen atoms in total. The molecule has 0 aliphatic heterocycles. The Morgan fingerprint density at radius 1 is 1.56 bits per heavy atom. The molecule has 0 spiro atoms. The quantitative estimate of drug-likeness (QED) is 0.392. The van der Waals surface area contributed by atoms with Crippen LogP contribution in [-0.2, 0) is 0 Å². The third-order valence-corrected chi connectivity index (χ3v) is 1.07. The molecule has 1 heterocycles. The monoisotopic (exact) mass is 137 g/mol. The summed E-state index contributed by atoms with van der Waals surface area (Å²) in [6.07, 6.45) is 5.05. The minimum Gasteiger partial charge on any atom is -0.228 e. The van der Waals surface area contributed by atoms with Gasteiger partial charge in [-0.05, 0) is 12.1 Å². The third-order valence-electron chi connectivity index (χ3n) is 0.863. The first-order chi connectivity index (χ1) is 4.33. The Balaban J connectivity index is 3.12. The van der Waals surface area contributed by atoms with Crippen molar-refractivity contribution in [1.29, 1.82) is 0 Å². The van der Waals surface area contributed by atoms with Gasteiger partial charge in [0.1, 0.15) is 10.8 Å². The molecule has 9 heavy (non-hydrogen) atoms. The first-order valence-corrected chi connectivity index (χ1v) is 2.80. The lowest BCUT2D eigenvalue weighted by Gasteiger charge is -1.87. The second kappa shape index (κ2) is 2.52. The fourth-order valence-corrected chi connectivity index (χ4v) is 0.652. The summed E-state index contributed by atoms with van der Waals surface area (Å²) in [6.45, 7) is 0. The zero-order valence-electron chi connectivity index (χ0n) is 4.63. The Labute approximate surface area is 58.7 Å². The number of hydrogen-bond donors (Lipinski definition) is 0. The van der Waals surface area contributed by atoms with Crippen LogP contribution in [0.3, 0.4) is 0 Å². The van der Waals surface area contributed by atoms with E-state index in [2.05, 4.69) is 10.9 Å². The van der Waals surface area contributed by atoms with Crippen molar-refractivity contribution in [3.63, 3.8) is 0 Å². The predicted octanol–water partition coefficient (Wildman–Crippen LogP) is 1.72. The molecule has 0 aliphatic carbocycles. The van der Waals surface area contributed by atoms with Crippen LogP contribution in [0.25, 0.3) is 0 Å². The van der Waals surface area contributed by atoms with Crippen molar-refractivity contribution in [3.05, 3.63) is 29.0 Å². The molecule has 0 atom stereocenters. The van der Waals surface area contributed by atoms with Crippen molar-refractivity contribution in [2.24, 2.45) is 0 Å². The van der Waals surface area contributed by atoms with Crippen LogP contribution in [0, 0.1) is 12.3 Å². The molecule has 1 rings (SSSR count). The summed E-state index contributed by atoms with van der Waals surface area (Å²) >= 11 is 5.52. The number of terminal acetylenes is 1. The van der Waals surface area contributed by atoms with E-state index in [1.54, 1.807) is 18.2 Å². The topological polar surface area (TPSA) is 12.9 Å². The largest absolute Gasteiger partial charge is 0.228 e. The summed E-state index contributed by atoms with van der Waals surface area (Å²) in [6, 6.07) is 5.18. The van der Waals surface area contributed by atoms with Gasteiger partial charge in [0.25, 0.3) is 0 Å². The van der Waals surface area contributed by atoms with Crippen LogP contribution < -0.4 is 0 Å². The maximum Gasteiger partial charge on any atom is 0.130 e. The van der Waals surface area contributed by atoms with Crippen LogP contribution in [-0.4, -0.2) is 4.98 Å². The van der Waals surface area contributed by atoms with Gasteiger partial charge in [-0.15, -0.1) is 6.42 Å². The predicted molar refractivity (Wildman–Crippen MR) is 37.2 cm³/mol. The second-order valence-corrected chi connectivity index (χ2v) is 1.88. The third kappa shape index (κ3) is 1.45. The second-order valence-electron chi connectivity index (χ2n) is 1.49. The average molecular weight is 138 g/mol. The summed E-state index contributed by atoms with van der Waals surface area (Å²) in [4.78, 5) is 3.82. The van der Waals surface area contributed by atoms with Crippen LogP contribution in [0.2, 0.25) is 5.15 Å². The lowest BCUT2D eigenvalue weighted by molar-refractivity contribution is 1.29. The molecule has 44 valence electrons. The van der Waals surface area contributed by atoms with Gasteiger partial charge in [-0.1, -0.05) is 23.6 Å². The number of pyridine rings is 1. The normalized spacial score (nSPS) is 8.44. The van der Waals surface area contributed by atoms with Crippen molar-refractivity contribution in [2.75, 3.05) is 0 Å². The van der Waals surface area contributed by atoms with Crippen molar-refractivity contribution in [2.45, 2.75) is 0 Å². The summed E-state index contributed by atoms with van der Waals surface area (Å²) in [5.41, 5.74) is 0.572. The molecular formula is C7H4ClN. The Kier molecular flexibility index (Phi) is 1.72. The highest BCUT2D eigenvalue weighted by Crippen LogP contribution is 2.02. The molecule has 1 aromatic rings. The van der Waals surface area contributed by atoms with Gasteiger partial charge < -0.3 is 0 Å². The lowest BCUT2D eigenvalue weighted by atomic mass is 10.4. The van der Waals surface area contributed by atoms with E-state index in [9.17, 15) is 0 Å². The Hall–Kier alpha value is -1.00. The van der Waals surface area contributed by atoms with Crippen molar-refractivity contribution < 1.29 is 0 Å². The number of halogens is 1. The molecule has 0 bridgehead atoms. The van der Waals surface area contributed by atoms with Crippen LogP contribution in [0.15, 0.2) is 18.2 Å². The van der Waals surface area contributed by atoms with E-state index >= 15 is 0 Å². The van der Waals surface area contributed by atoms with Gasteiger partial charge in [-0.3, -0.25) is 0 Å². The van der Waals surface area contributed by atoms with E-state index in [0.29, 0.717) is 10.8 Å². The maximum absolute atomic E-state index is 5.52. The molecule has 0 amide bonds. The Bertz CT molecular complexity index is 249. The van der Waals surface area contributed by atoms with E-state index in [-0.39, 0.29) is 0 Å². The molecule has 2 heteroatoms. The number of hydrogen-bond acceptors (Lipinski definition) is 1. The Morgan fingerprint density at radius 3 is 2.78 bits per heavy atom. The summed E-state index contributed by atoms with van der Waals surface area (Å²) in [7, 11) is 0. The molecule has 1 aromatic heterocycles. The molecule has 0 N–H and O–H groups in total. The van der Waals surface area contributed by atoms with Gasteiger partial charge in [0.15, 0.2) is 0 Å². The summed E-state index contributed by atoms with van der Waals surface area (Å²) in [5, 5.41) is 0.436. The van der Waals surface area contributed by atoms with Crippen LogP contribution in [0.4, 0.5) is 0 Å². The Morgan fingerprint density at radius 2 is 2.33 bits per heavy atom. The lowest BCUT2D eigenvalue weighted by Crippen LogP contribution is -1.79. The van der Waals surface area contributed by atoms with E-state index in [1.165, 1.54) is 0 Å². The number of nitrogens with zero attached hydrogens (tertiary/aromatic N) is 1. The molecule has 0 unspecified atom stereocenters. The maximum atomic E-state index is 5.52. The number of rotatable bonds is 0. The van der Waals surface area contributed by atoms with Crippen LogP contribution in [0.1, 0.15) is 5.69 Å². The highest BCUT2D eigenvalue weighted by Gasteiger charge is 1.87. The molecular weight excluding hydrogens is 134 g/mol. The zero-order chi connectivity index (χ0) is 6.69. The van der Waals surface area contributed by atoms with E-state index < -0.39 is 0 Å². The van der Waals surface area contributed by atoms with Gasteiger partial charge in [-0.2, -0.15) is 0 Å². The van der Waals surface area contributed by atoms with E-state index in [4.69, 9.17) is 18.0 Å². The van der Waals surface area contributed by atoms with Gasteiger partial charge in [0, 0.05) is 0 Å². The van der Waals surface area contributed by atoms with Crippen LogP contribution >= 0.6 is 11.6 Å². The minimum atomic E-state index is 0.436. The van der Waals surface area contributed by atoms with Crippen molar-refractivity contribution in [1.82, 2.24) is 4.98 Å². The summed E-state index contributed by atoms with van der Waals surface area (Å²) < 4.78 is 0. The van der Waals surface area contributed by atoms with Gasteiger partial charge in [0.05, 0.1) is 0 Å².